The van der Waals surface area contributed by atoms with E-state index < -0.39 is 29.8 Å². The van der Waals surface area contributed by atoms with Gasteiger partial charge in [0.05, 0.1) is 0 Å². The minimum Gasteiger partial charge on any atom is -0.550 e. The van der Waals surface area contributed by atoms with E-state index in [0.717, 1.165) is 34.6 Å². The number of carbonyl (C=O) groups excluding carboxylic acids is 1. The minimum absolute atomic E-state index is 0. The van der Waals surface area contributed by atoms with Crippen LogP contribution in [-0.2, 0) is 50.2 Å². The summed E-state index contributed by atoms with van der Waals surface area (Å²) in [5.74, 6) is -4.42. The largest absolute Gasteiger partial charge is 1.00 e. The van der Waals surface area contributed by atoms with Gasteiger partial charge in [-0.2, -0.15) is 0 Å². The summed E-state index contributed by atoms with van der Waals surface area (Å²) in [6.07, 6.45) is 0. The summed E-state index contributed by atoms with van der Waals surface area (Å²) < 4.78 is 0. The Kier molecular flexibility index (Phi) is 73.0. The molecular weight excluding hydrogens is 410 g/mol. The van der Waals surface area contributed by atoms with E-state index in [1.165, 1.54) is 0 Å². The van der Waals surface area contributed by atoms with Gasteiger partial charge in [0.25, 0.3) is 23.9 Å². The molecule has 0 bridgehead atoms. The fraction of sp³-hybridized carbons (Fsp3) is 0.500. The average molecular weight is 430 g/mol. The van der Waals surface area contributed by atoms with Gasteiger partial charge in [0.1, 0.15) is 0 Å². The van der Waals surface area contributed by atoms with Crippen molar-refractivity contribution in [3.05, 3.63) is 0 Å². The average Bonchev–Trinajstić information content (AvgIpc) is 1.94. The van der Waals surface area contributed by atoms with Gasteiger partial charge in [-0.3, -0.25) is 19.2 Å². The van der Waals surface area contributed by atoms with Crippen LogP contribution in [0.15, 0.2) is 0 Å². The third kappa shape index (κ3) is 415000. The molecule has 0 aromatic heterocycles. The molecule has 0 spiro atoms. The van der Waals surface area contributed by atoms with Crippen molar-refractivity contribution in [1.29, 1.82) is 0 Å². The second-order valence-electron chi connectivity index (χ2n) is 2.57. The van der Waals surface area contributed by atoms with E-state index in [2.05, 4.69) is 0 Å². The molecule has 0 saturated heterocycles. The number of carbonyl (C=O) groups is 5. The van der Waals surface area contributed by atoms with Crippen molar-refractivity contribution in [3.8, 4) is 0 Å². The predicted molar refractivity (Wildman–Crippen MR) is 63.9 cm³/mol. The van der Waals surface area contributed by atoms with Crippen molar-refractivity contribution in [2.24, 2.45) is 0 Å². The number of aliphatic carboxylic acids is 5. The van der Waals surface area contributed by atoms with Crippen molar-refractivity contribution < 1.29 is 127 Å². The Morgan fingerprint density at radius 1 is 0.591 bits per heavy atom. The van der Waals surface area contributed by atoms with Crippen molar-refractivity contribution >= 4 is 29.8 Å². The Morgan fingerprint density at radius 3 is 0.591 bits per heavy atom. The molecule has 0 aromatic rings. The first-order valence-corrected chi connectivity index (χ1v) is 4.62. The van der Waals surface area contributed by atoms with Crippen LogP contribution in [0.3, 0.4) is 0 Å². The zero-order valence-electron chi connectivity index (χ0n) is 13.2. The molecule has 0 amide bonds. The van der Waals surface area contributed by atoms with E-state index in [4.69, 9.17) is 49.5 Å². The second-order valence-corrected chi connectivity index (χ2v) is 2.57. The third-order valence-corrected chi connectivity index (χ3v) is 0. The van der Waals surface area contributed by atoms with Crippen LogP contribution in [0, 0.1) is 0 Å². The molecule has 0 saturated carbocycles. The number of hydrogen-bond donors (Lipinski definition) is 4. The summed E-state index contributed by atoms with van der Waals surface area (Å²) in [5.41, 5.74) is 0. The van der Waals surface area contributed by atoms with Crippen molar-refractivity contribution in [1.82, 2.24) is 0 Å². The zero-order chi connectivity index (χ0) is 17.9. The van der Waals surface area contributed by atoms with Crippen LogP contribution in [0.5, 0.6) is 0 Å². The Labute approximate surface area is 189 Å². The van der Waals surface area contributed by atoms with Crippen LogP contribution in [0.1, 0.15) is 34.6 Å². The molecule has 0 radical (unpaired) electrons. The van der Waals surface area contributed by atoms with Crippen LogP contribution < -0.4 is 56.5 Å². The van der Waals surface area contributed by atoms with Gasteiger partial charge in [-0.05, 0) is 6.92 Å². The molecule has 0 atom stereocenters. The smallest absolute Gasteiger partial charge is 0.550 e. The second kappa shape index (κ2) is 37.3. The molecule has 0 heterocycles. The van der Waals surface area contributed by atoms with E-state index in [0.29, 0.717) is 0 Å². The van der Waals surface area contributed by atoms with Gasteiger partial charge in [0, 0.05) is 59.9 Å². The van der Waals surface area contributed by atoms with E-state index in [1.807, 2.05) is 0 Å². The quantitative estimate of drug-likeness (QED) is 0.277. The minimum atomic E-state index is -1.08. The first-order valence-electron chi connectivity index (χ1n) is 4.62. The Balaban J connectivity index is -0.0000000250. The van der Waals surface area contributed by atoms with Crippen LogP contribution >= 0.6 is 0 Å². The summed E-state index contributed by atoms with van der Waals surface area (Å²) >= 11 is 0. The maximum Gasteiger partial charge on any atom is 1.00 e. The molecule has 0 aliphatic carbocycles. The normalized spacial score (nSPS) is 5.68. The molecule has 0 unspecified atom stereocenters. The maximum atomic E-state index is 9.00. The third-order valence-electron chi connectivity index (χ3n) is 0. The number of carboxylic acid groups (broad SMARTS) is 5. The number of hydrogen-bond acceptors (Lipinski definition) is 6. The molecule has 0 aliphatic rings. The molecular formula is C10H19KO10Zr. The van der Waals surface area contributed by atoms with Crippen LogP contribution in [0.25, 0.3) is 0 Å². The van der Waals surface area contributed by atoms with Crippen LogP contribution in [0.4, 0.5) is 0 Å². The number of carboxylic acids is 5. The fourth-order valence-electron chi connectivity index (χ4n) is 0. The summed E-state index contributed by atoms with van der Waals surface area (Å²) in [7, 11) is 0. The van der Waals surface area contributed by atoms with E-state index >= 15 is 0 Å². The molecule has 0 rings (SSSR count). The van der Waals surface area contributed by atoms with Gasteiger partial charge < -0.3 is 30.3 Å². The molecule has 0 aromatic carbocycles. The zero-order valence-corrected chi connectivity index (χ0v) is 18.8. The molecule has 124 valence electrons. The van der Waals surface area contributed by atoms with Crippen molar-refractivity contribution in [2.45, 2.75) is 34.6 Å². The molecule has 12 heteroatoms. The van der Waals surface area contributed by atoms with E-state index in [1.54, 1.807) is 0 Å². The molecule has 4 N–H and O–H groups in total. The molecule has 22 heavy (non-hydrogen) atoms. The van der Waals surface area contributed by atoms with Crippen molar-refractivity contribution in [2.75, 3.05) is 0 Å². The van der Waals surface area contributed by atoms with Gasteiger partial charge >= 0.3 is 51.4 Å². The summed E-state index contributed by atoms with van der Waals surface area (Å²) in [6.45, 7) is 5.31. The van der Waals surface area contributed by atoms with Crippen molar-refractivity contribution in [3.63, 3.8) is 0 Å². The van der Waals surface area contributed by atoms with E-state index in [9.17, 15) is 0 Å². The molecule has 10 nitrogen and oxygen atoms in total. The molecule has 0 aliphatic heterocycles. The first kappa shape index (κ1) is 43.1. The SMILES string of the molecule is CC(=O)O.CC(=O)O.CC(=O)O.CC(=O)O.CC(=O)[O-].[K+].[Zr]. The summed E-state index contributed by atoms with van der Waals surface area (Å²) in [5, 5.41) is 38.6. The number of rotatable bonds is 0. The van der Waals surface area contributed by atoms with E-state index in [-0.39, 0.29) is 77.6 Å². The fourth-order valence-corrected chi connectivity index (χ4v) is 0. The van der Waals surface area contributed by atoms with Crippen LogP contribution in [0.2, 0.25) is 0 Å². The first-order chi connectivity index (χ1) is 8.66. The Bertz CT molecular complexity index is 216. The van der Waals surface area contributed by atoms with Crippen LogP contribution in [-0.4, -0.2) is 50.3 Å². The van der Waals surface area contributed by atoms with Gasteiger partial charge in [-0.25, -0.2) is 0 Å². The van der Waals surface area contributed by atoms with Gasteiger partial charge in [0.15, 0.2) is 0 Å². The Hall–Kier alpha value is -0.131. The van der Waals surface area contributed by atoms with Gasteiger partial charge in [-0.1, -0.05) is 0 Å². The predicted octanol–water partition coefficient (Wildman–Crippen LogP) is -3.88. The summed E-state index contributed by atoms with van der Waals surface area (Å²) in [4.78, 5) is 44.9. The Morgan fingerprint density at radius 2 is 0.591 bits per heavy atom. The standard InChI is InChI=1S/5C2H4O2.K.Zr/c5*1-2(3)4;;/h5*1H3,(H,3,4);;/q;;;;;+1;/p-1. The van der Waals surface area contributed by atoms with Gasteiger partial charge in [0.2, 0.25) is 0 Å². The van der Waals surface area contributed by atoms with Gasteiger partial charge in [-0.15, -0.1) is 0 Å². The maximum absolute atomic E-state index is 9.00. The topological polar surface area (TPSA) is 189 Å². The summed E-state index contributed by atoms with van der Waals surface area (Å²) in [6, 6.07) is 0. The molecule has 0 fully saturated rings. The monoisotopic (exact) mass is 428 g/mol.